The lowest BCUT2D eigenvalue weighted by molar-refractivity contribution is -0.146. The van der Waals surface area contributed by atoms with Crippen LogP contribution in [0.4, 0.5) is 0 Å². The van der Waals surface area contributed by atoms with Crippen molar-refractivity contribution in [3.63, 3.8) is 0 Å². The van der Waals surface area contributed by atoms with Gasteiger partial charge in [0.25, 0.3) is 0 Å². The van der Waals surface area contributed by atoms with E-state index >= 15 is 0 Å². The second-order valence-electron chi connectivity index (χ2n) is 8.65. The fourth-order valence-corrected chi connectivity index (χ4v) is 3.91. The fourth-order valence-electron chi connectivity index (χ4n) is 3.91. The molecule has 5 heteroatoms. The molecule has 0 spiro atoms. The molecule has 0 aromatic heterocycles. The highest BCUT2D eigenvalue weighted by Crippen LogP contribution is 2.35. The van der Waals surface area contributed by atoms with Crippen LogP contribution in [0.3, 0.4) is 0 Å². The minimum absolute atomic E-state index is 0.0534. The van der Waals surface area contributed by atoms with Gasteiger partial charge in [-0.25, -0.2) is 0 Å². The number of ether oxygens (including phenoxy) is 1. The maximum Gasteiger partial charge on any atom is 0.225 e. The first kappa shape index (κ1) is 26.9. The Morgan fingerprint density at radius 2 is 1.54 bits per heavy atom. The molecule has 0 aromatic rings. The Balaban J connectivity index is 5.12. The second kappa shape index (κ2) is 14.0. The molecule has 0 rings (SSSR count). The van der Waals surface area contributed by atoms with Gasteiger partial charge in [0.2, 0.25) is 11.8 Å². The SMILES string of the molecule is CCCCC(C)(C)N(C(=O)CCNC(=O)CCOCC)C(C)(CC)CCCC. The van der Waals surface area contributed by atoms with Gasteiger partial charge in [0, 0.05) is 37.1 Å². The van der Waals surface area contributed by atoms with Crippen molar-refractivity contribution < 1.29 is 14.3 Å². The first-order valence-electron chi connectivity index (χ1n) is 11.4. The summed E-state index contributed by atoms with van der Waals surface area (Å²) in [6, 6.07) is 0. The van der Waals surface area contributed by atoms with Gasteiger partial charge in [-0.3, -0.25) is 9.59 Å². The van der Waals surface area contributed by atoms with E-state index in [-0.39, 0.29) is 22.9 Å². The molecule has 1 N–H and O–H groups in total. The van der Waals surface area contributed by atoms with Crippen LogP contribution >= 0.6 is 0 Å². The van der Waals surface area contributed by atoms with Crippen molar-refractivity contribution in [1.82, 2.24) is 10.2 Å². The molecule has 2 amide bonds. The van der Waals surface area contributed by atoms with Gasteiger partial charge >= 0.3 is 0 Å². The Kier molecular flexibility index (Phi) is 13.4. The molecular weight excluding hydrogens is 352 g/mol. The third-order valence-corrected chi connectivity index (χ3v) is 5.71. The number of hydrogen-bond donors (Lipinski definition) is 1. The van der Waals surface area contributed by atoms with E-state index in [0.717, 1.165) is 44.9 Å². The van der Waals surface area contributed by atoms with Crippen molar-refractivity contribution in [3.05, 3.63) is 0 Å². The zero-order chi connectivity index (χ0) is 21.6. The number of nitrogens with zero attached hydrogens (tertiary/aromatic N) is 1. The molecule has 0 aliphatic heterocycles. The van der Waals surface area contributed by atoms with Crippen molar-refractivity contribution in [2.45, 2.75) is 117 Å². The molecule has 0 bridgehead atoms. The van der Waals surface area contributed by atoms with Crippen LogP contribution in [0.2, 0.25) is 0 Å². The quantitative estimate of drug-likeness (QED) is 0.369. The molecule has 0 aliphatic rings. The van der Waals surface area contributed by atoms with Crippen molar-refractivity contribution in [2.75, 3.05) is 19.8 Å². The molecule has 166 valence electrons. The van der Waals surface area contributed by atoms with Gasteiger partial charge in [-0.15, -0.1) is 0 Å². The molecule has 0 aliphatic carbocycles. The first-order valence-corrected chi connectivity index (χ1v) is 11.4. The van der Waals surface area contributed by atoms with Gasteiger partial charge < -0.3 is 15.0 Å². The van der Waals surface area contributed by atoms with Crippen LogP contribution in [0.1, 0.15) is 106 Å². The highest BCUT2D eigenvalue weighted by molar-refractivity contribution is 5.80. The number of carbonyl (C=O) groups is 2. The van der Waals surface area contributed by atoms with Crippen LogP contribution in [0, 0.1) is 0 Å². The van der Waals surface area contributed by atoms with Crippen LogP contribution in [0.5, 0.6) is 0 Å². The number of nitrogens with one attached hydrogen (secondary N) is 1. The Hall–Kier alpha value is -1.10. The van der Waals surface area contributed by atoms with Gasteiger partial charge in [0.1, 0.15) is 0 Å². The van der Waals surface area contributed by atoms with Gasteiger partial charge in [0.15, 0.2) is 0 Å². The topological polar surface area (TPSA) is 58.6 Å². The zero-order valence-electron chi connectivity index (χ0n) is 19.7. The minimum atomic E-state index is -0.190. The summed E-state index contributed by atoms with van der Waals surface area (Å²) < 4.78 is 5.21. The van der Waals surface area contributed by atoms with E-state index in [2.05, 4.69) is 51.8 Å². The largest absolute Gasteiger partial charge is 0.381 e. The Bertz CT molecular complexity index is 451. The Labute approximate surface area is 174 Å². The van der Waals surface area contributed by atoms with Gasteiger partial charge in [-0.05, 0) is 47.0 Å². The van der Waals surface area contributed by atoms with Crippen molar-refractivity contribution in [2.24, 2.45) is 0 Å². The minimum Gasteiger partial charge on any atom is -0.381 e. The summed E-state index contributed by atoms with van der Waals surface area (Å²) in [4.78, 5) is 27.3. The maximum absolute atomic E-state index is 13.3. The van der Waals surface area contributed by atoms with E-state index in [9.17, 15) is 9.59 Å². The lowest BCUT2D eigenvalue weighted by Gasteiger charge is -2.51. The fraction of sp³-hybridized carbons (Fsp3) is 0.913. The number of amides is 2. The summed E-state index contributed by atoms with van der Waals surface area (Å²) in [6.45, 7) is 16.5. The zero-order valence-corrected chi connectivity index (χ0v) is 19.7. The number of rotatable bonds is 16. The summed E-state index contributed by atoms with van der Waals surface area (Å²) in [5.74, 6) is 0.0916. The van der Waals surface area contributed by atoms with Gasteiger partial charge in [-0.1, -0.05) is 46.5 Å². The Morgan fingerprint density at radius 1 is 0.929 bits per heavy atom. The van der Waals surface area contributed by atoms with Crippen molar-refractivity contribution >= 4 is 11.8 Å². The van der Waals surface area contributed by atoms with E-state index in [1.54, 1.807) is 0 Å². The van der Waals surface area contributed by atoms with Gasteiger partial charge in [0.05, 0.1) is 6.61 Å². The normalized spacial score (nSPS) is 13.8. The predicted molar refractivity (Wildman–Crippen MR) is 117 cm³/mol. The van der Waals surface area contributed by atoms with Crippen LogP contribution in [0.25, 0.3) is 0 Å². The molecule has 0 saturated heterocycles. The number of hydrogen-bond acceptors (Lipinski definition) is 3. The van der Waals surface area contributed by atoms with E-state index in [1.807, 2.05) is 6.92 Å². The third kappa shape index (κ3) is 9.40. The lowest BCUT2D eigenvalue weighted by atomic mass is 9.82. The highest BCUT2D eigenvalue weighted by atomic mass is 16.5. The molecular formula is C23H46N2O3. The molecule has 0 heterocycles. The average Bonchev–Trinajstić information content (AvgIpc) is 2.65. The lowest BCUT2D eigenvalue weighted by Crippen LogP contribution is -2.59. The second-order valence-corrected chi connectivity index (χ2v) is 8.65. The van der Waals surface area contributed by atoms with Crippen LogP contribution in [-0.2, 0) is 14.3 Å². The standard InChI is InChI=1S/C23H46N2O3/c1-8-12-16-22(5,6)25(23(7,10-3)17-13-9-2)21(27)14-18-24-20(26)15-19-28-11-4/h8-19H2,1-7H3,(H,24,26). The summed E-state index contributed by atoms with van der Waals surface area (Å²) in [6.07, 6.45) is 8.12. The number of carbonyl (C=O) groups excluding carboxylic acids is 2. The molecule has 0 aromatic carbocycles. The first-order chi connectivity index (χ1) is 13.2. The smallest absolute Gasteiger partial charge is 0.225 e. The van der Waals surface area contributed by atoms with Crippen molar-refractivity contribution in [3.8, 4) is 0 Å². The molecule has 5 nitrogen and oxygen atoms in total. The van der Waals surface area contributed by atoms with E-state index in [0.29, 0.717) is 32.6 Å². The van der Waals surface area contributed by atoms with E-state index < -0.39 is 0 Å². The van der Waals surface area contributed by atoms with Crippen LogP contribution in [0.15, 0.2) is 0 Å². The highest BCUT2D eigenvalue weighted by Gasteiger charge is 2.41. The van der Waals surface area contributed by atoms with Crippen LogP contribution < -0.4 is 5.32 Å². The summed E-state index contributed by atoms with van der Waals surface area (Å²) in [5, 5.41) is 2.87. The average molecular weight is 399 g/mol. The predicted octanol–water partition coefficient (Wildman–Crippen LogP) is 5.08. The number of unbranched alkanes of at least 4 members (excludes halogenated alkanes) is 2. The molecule has 1 atom stereocenters. The summed E-state index contributed by atoms with van der Waals surface area (Å²) >= 11 is 0. The maximum atomic E-state index is 13.3. The van der Waals surface area contributed by atoms with E-state index in [4.69, 9.17) is 4.74 Å². The molecule has 28 heavy (non-hydrogen) atoms. The molecule has 1 unspecified atom stereocenters. The molecule has 0 saturated carbocycles. The summed E-state index contributed by atoms with van der Waals surface area (Å²) in [5.41, 5.74) is -0.339. The molecule has 0 radical (unpaired) electrons. The van der Waals surface area contributed by atoms with Crippen molar-refractivity contribution in [1.29, 1.82) is 0 Å². The van der Waals surface area contributed by atoms with E-state index in [1.165, 1.54) is 0 Å². The summed E-state index contributed by atoms with van der Waals surface area (Å²) in [7, 11) is 0. The monoisotopic (exact) mass is 398 g/mol. The van der Waals surface area contributed by atoms with Crippen LogP contribution in [-0.4, -0.2) is 47.6 Å². The Morgan fingerprint density at radius 3 is 2.07 bits per heavy atom. The molecule has 0 fully saturated rings. The third-order valence-electron chi connectivity index (χ3n) is 5.71. The van der Waals surface area contributed by atoms with Gasteiger partial charge in [-0.2, -0.15) is 0 Å².